The van der Waals surface area contributed by atoms with Gasteiger partial charge in [0.25, 0.3) is 0 Å². The summed E-state index contributed by atoms with van der Waals surface area (Å²) in [6.45, 7) is 8.45. The summed E-state index contributed by atoms with van der Waals surface area (Å²) in [5.41, 5.74) is 6.92. The van der Waals surface area contributed by atoms with Crippen LogP contribution in [0.2, 0.25) is 0 Å². The van der Waals surface area contributed by atoms with Crippen LogP contribution in [-0.4, -0.2) is 62.5 Å². The molecule has 0 spiro atoms. The molecular formula is C20H33IN4O3. The lowest BCUT2D eigenvalue weighted by Gasteiger charge is -2.41. The number of halogens is 1. The minimum atomic E-state index is -0.0459. The van der Waals surface area contributed by atoms with E-state index in [2.05, 4.69) is 29.1 Å². The molecule has 0 aromatic heterocycles. The summed E-state index contributed by atoms with van der Waals surface area (Å²) in [4.78, 5) is 7.04. The largest absolute Gasteiger partial charge is 0.490 e. The summed E-state index contributed by atoms with van der Waals surface area (Å²) in [6, 6.07) is 5.74. The van der Waals surface area contributed by atoms with Gasteiger partial charge in [-0.2, -0.15) is 0 Å². The van der Waals surface area contributed by atoms with E-state index in [0.29, 0.717) is 31.8 Å². The van der Waals surface area contributed by atoms with Crippen LogP contribution >= 0.6 is 24.0 Å². The first-order valence-electron chi connectivity index (χ1n) is 9.72. The van der Waals surface area contributed by atoms with Gasteiger partial charge in [0.1, 0.15) is 0 Å². The Labute approximate surface area is 185 Å². The number of fused-ring (bicyclic) bond motifs is 1. The Balaban J connectivity index is 0.00000280. The number of hydrogen-bond acceptors (Lipinski definition) is 5. The predicted molar refractivity (Wildman–Crippen MR) is 123 cm³/mol. The molecule has 1 saturated heterocycles. The summed E-state index contributed by atoms with van der Waals surface area (Å²) < 4.78 is 16.8. The number of hydrogen-bond donors (Lipinski definition) is 2. The average molecular weight is 504 g/mol. The van der Waals surface area contributed by atoms with Crippen molar-refractivity contribution in [1.82, 2.24) is 4.90 Å². The normalized spacial score (nSPS) is 18.9. The highest BCUT2D eigenvalue weighted by molar-refractivity contribution is 14.0. The van der Waals surface area contributed by atoms with Crippen molar-refractivity contribution in [2.24, 2.45) is 10.7 Å². The van der Waals surface area contributed by atoms with E-state index < -0.39 is 0 Å². The second kappa shape index (κ2) is 10.5. The van der Waals surface area contributed by atoms with Crippen LogP contribution in [-0.2, 0) is 4.74 Å². The van der Waals surface area contributed by atoms with Crippen molar-refractivity contribution in [2.45, 2.75) is 44.8 Å². The van der Waals surface area contributed by atoms with Crippen LogP contribution in [0, 0.1) is 0 Å². The Morgan fingerprint density at radius 3 is 2.61 bits per heavy atom. The molecule has 0 unspecified atom stereocenters. The van der Waals surface area contributed by atoms with Gasteiger partial charge in [0.05, 0.1) is 25.9 Å². The molecule has 1 aromatic carbocycles. The van der Waals surface area contributed by atoms with Crippen LogP contribution in [0.3, 0.4) is 0 Å². The summed E-state index contributed by atoms with van der Waals surface area (Å²) in [6.07, 6.45) is 3.40. The molecule has 1 fully saturated rings. The molecule has 28 heavy (non-hydrogen) atoms. The molecule has 0 aliphatic carbocycles. The number of anilines is 1. The van der Waals surface area contributed by atoms with Gasteiger partial charge < -0.3 is 25.3 Å². The maximum atomic E-state index is 6.12. The molecule has 8 heteroatoms. The zero-order valence-corrected chi connectivity index (χ0v) is 19.4. The number of nitrogens with zero attached hydrogens (tertiary/aromatic N) is 2. The highest BCUT2D eigenvalue weighted by Crippen LogP contribution is 2.32. The molecular weight excluding hydrogens is 471 g/mol. The molecule has 3 rings (SSSR count). The van der Waals surface area contributed by atoms with Crippen LogP contribution < -0.4 is 20.5 Å². The fourth-order valence-corrected chi connectivity index (χ4v) is 3.50. The number of nitrogens with one attached hydrogen (secondary N) is 1. The number of ether oxygens (including phenoxy) is 3. The lowest BCUT2D eigenvalue weighted by molar-refractivity contribution is 0.00912. The number of benzene rings is 1. The minimum Gasteiger partial charge on any atom is -0.490 e. The van der Waals surface area contributed by atoms with E-state index in [4.69, 9.17) is 19.9 Å². The zero-order chi connectivity index (χ0) is 19.3. The van der Waals surface area contributed by atoms with Gasteiger partial charge in [0.15, 0.2) is 17.5 Å². The van der Waals surface area contributed by atoms with Crippen LogP contribution in [0.5, 0.6) is 11.5 Å². The third-order valence-corrected chi connectivity index (χ3v) is 5.29. The van der Waals surface area contributed by atoms with Gasteiger partial charge in [-0.05, 0) is 38.8 Å². The first kappa shape index (κ1) is 23.0. The van der Waals surface area contributed by atoms with Crippen molar-refractivity contribution in [3.8, 4) is 11.5 Å². The molecule has 0 radical (unpaired) electrons. The molecule has 0 atom stereocenters. The third-order valence-electron chi connectivity index (χ3n) is 5.29. The number of methoxy groups -OCH3 is 1. The zero-order valence-electron chi connectivity index (χ0n) is 17.1. The molecule has 1 aromatic rings. The molecule has 2 aliphatic heterocycles. The van der Waals surface area contributed by atoms with Crippen molar-refractivity contribution in [1.29, 1.82) is 0 Å². The number of rotatable bonds is 5. The van der Waals surface area contributed by atoms with Gasteiger partial charge in [0.2, 0.25) is 0 Å². The lowest BCUT2D eigenvalue weighted by Crippen LogP contribution is -2.51. The van der Waals surface area contributed by atoms with E-state index in [1.54, 1.807) is 7.11 Å². The third kappa shape index (κ3) is 6.12. The van der Waals surface area contributed by atoms with Crippen molar-refractivity contribution in [3.05, 3.63) is 18.2 Å². The van der Waals surface area contributed by atoms with Crippen LogP contribution in [0.4, 0.5) is 5.69 Å². The van der Waals surface area contributed by atoms with Gasteiger partial charge in [-0.3, -0.25) is 9.89 Å². The first-order valence-corrected chi connectivity index (χ1v) is 9.72. The van der Waals surface area contributed by atoms with Crippen molar-refractivity contribution < 1.29 is 14.2 Å². The second-order valence-corrected chi connectivity index (χ2v) is 7.77. The molecule has 2 heterocycles. The topological polar surface area (TPSA) is 81.3 Å². The molecule has 0 bridgehead atoms. The Hall–Kier alpha value is -1.26. The number of guanidine groups is 1. The fourth-order valence-electron chi connectivity index (χ4n) is 3.50. The minimum absolute atomic E-state index is 0. The van der Waals surface area contributed by atoms with E-state index >= 15 is 0 Å². The highest BCUT2D eigenvalue weighted by Gasteiger charge is 2.30. The van der Waals surface area contributed by atoms with Crippen LogP contribution in [0.15, 0.2) is 23.2 Å². The molecule has 2 aliphatic rings. The first-order chi connectivity index (χ1) is 13.0. The summed E-state index contributed by atoms with van der Waals surface area (Å²) in [7, 11) is 1.79. The van der Waals surface area contributed by atoms with Crippen molar-refractivity contribution in [3.63, 3.8) is 0 Å². The summed E-state index contributed by atoms with van der Waals surface area (Å²) >= 11 is 0. The quantitative estimate of drug-likeness (QED) is 0.365. The SMILES string of the molecule is COC1CCN(C(C)(C)CN=C(N)Nc2ccc3c(c2)OCCCO3)CC1.I. The van der Waals surface area contributed by atoms with Crippen LogP contribution in [0.1, 0.15) is 33.1 Å². The van der Waals surface area contributed by atoms with E-state index in [1.807, 2.05) is 18.2 Å². The number of aliphatic imine (C=N–C) groups is 1. The van der Waals surface area contributed by atoms with Crippen molar-refractivity contribution >= 4 is 35.6 Å². The van der Waals surface area contributed by atoms with Gasteiger partial charge in [-0.25, -0.2) is 0 Å². The van der Waals surface area contributed by atoms with E-state index in [1.165, 1.54) is 0 Å². The van der Waals surface area contributed by atoms with Gasteiger partial charge >= 0.3 is 0 Å². The van der Waals surface area contributed by atoms with Crippen molar-refractivity contribution in [2.75, 3.05) is 45.3 Å². The summed E-state index contributed by atoms with van der Waals surface area (Å²) in [5.74, 6) is 1.92. The Bertz CT molecular complexity index is 661. The van der Waals surface area contributed by atoms with Gasteiger partial charge in [-0.1, -0.05) is 0 Å². The van der Waals surface area contributed by atoms with Gasteiger partial charge in [0, 0.05) is 43.9 Å². The standard InChI is InChI=1S/C20H32N4O3.HI/c1-20(2,24-9-7-16(25-3)8-10-24)14-22-19(21)23-15-5-6-17-18(13-15)27-12-4-11-26-17;/h5-6,13,16H,4,7-12,14H2,1-3H3,(H3,21,22,23);1H. The highest BCUT2D eigenvalue weighted by atomic mass is 127. The molecule has 7 nitrogen and oxygen atoms in total. The Morgan fingerprint density at radius 2 is 1.93 bits per heavy atom. The van der Waals surface area contributed by atoms with E-state index in [-0.39, 0.29) is 29.5 Å². The summed E-state index contributed by atoms with van der Waals surface area (Å²) in [5, 5.41) is 3.16. The van der Waals surface area contributed by atoms with Gasteiger partial charge in [-0.15, -0.1) is 24.0 Å². The Morgan fingerprint density at radius 1 is 1.25 bits per heavy atom. The molecule has 0 amide bonds. The van der Waals surface area contributed by atoms with Crippen LogP contribution in [0.25, 0.3) is 0 Å². The number of likely N-dealkylation sites (tertiary alicyclic amines) is 1. The molecule has 158 valence electrons. The van der Waals surface area contributed by atoms with E-state index in [9.17, 15) is 0 Å². The maximum absolute atomic E-state index is 6.12. The Kier molecular flexibility index (Phi) is 8.63. The number of piperidine rings is 1. The maximum Gasteiger partial charge on any atom is 0.193 e. The second-order valence-electron chi connectivity index (χ2n) is 7.77. The monoisotopic (exact) mass is 504 g/mol. The fraction of sp³-hybridized carbons (Fsp3) is 0.650. The van der Waals surface area contributed by atoms with E-state index in [0.717, 1.165) is 49.5 Å². The molecule has 3 N–H and O–H groups in total. The smallest absolute Gasteiger partial charge is 0.193 e. The average Bonchev–Trinajstić information content (AvgIpc) is 2.91. The molecule has 0 saturated carbocycles. The predicted octanol–water partition coefficient (Wildman–Crippen LogP) is 3.08. The lowest BCUT2D eigenvalue weighted by atomic mass is 9.97. The number of nitrogens with two attached hydrogens (primary N) is 1.